The number of nitrogens with zero attached hydrogens (tertiary/aromatic N) is 2. The van der Waals surface area contributed by atoms with Gasteiger partial charge in [0.1, 0.15) is 0 Å². The Bertz CT molecular complexity index is 1000. The molecule has 0 unspecified atom stereocenters. The number of pyridine rings is 2. The molecule has 0 aliphatic heterocycles. The van der Waals surface area contributed by atoms with Gasteiger partial charge in [0, 0.05) is 28.5 Å². The van der Waals surface area contributed by atoms with Crippen molar-refractivity contribution < 1.29 is 0 Å². The van der Waals surface area contributed by atoms with Crippen molar-refractivity contribution >= 4 is 21.5 Å². The molecule has 22 heavy (non-hydrogen) atoms. The monoisotopic (exact) mass is 284 g/mol. The second-order valence-electron chi connectivity index (χ2n) is 5.63. The minimum atomic E-state index is 1.01. The largest absolute Gasteiger partial charge is 0.258 e. The molecular weight excluding hydrogens is 268 g/mol. The normalized spacial score (nSPS) is 11.2. The topological polar surface area (TPSA) is 25.8 Å². The zero-order chi connectivity index (χ0) is 15.1. The van der Waals surface area contributed by atoms with Crippen molar-refractivity contribution in [1.82, 2.24) is 9.97 Å². The molecule has 2 nitrogen and oxygen atoms in total. The SMILES string of the molecule is Cc1ccc(-c2nccc3c2ccc2ccccc23)c(C)n1. The minimum absolute atomic E-state index is 1.01. The smallest absolute Gasteiger partial charge is 0.0798 e. The van der Waals surface area contributed by atoms with Crippen LogP contribution in [0.5, 0.6) is 0 Å². The van der Waals surface area contributed by atoms with Crippen LogP contribution < -0.4 is 0 Å². The third-order valence-electron chi connectivity index (χ3n) is 4.15. The molecule has 4 rings (SSSR count). The zero-order valence-corrected chi connectivity index (χ0v) is 12.7. The molecule has 2 aromatic carbocycles. The summed E-state index contributed by atoms with van der Waals surface area (Å²) in [5.41, 5.74) is 4.17. The van der Waals surface area contributed by atoms with E-state index in [0.29, 0.717) is 0 Å². The van der Waals surface area contributed by atoms with Gasteiger partial charge in [0.05, 0.1) is 5.69 Å². The molecule has 2 aromatic heterocycles. The molecule has 0 saturated heterocycles. The first kappa shape index (κ1) is 13.0. The molecule has 0 spiro atoms. The van der Waals surface area contributed by atoms with Crippen LogP contribution in [0.25, 0.3) is 32.8 Å². The van der Waals surface area contributed by atoms with E-state index >= 15 is 0 Å². The van der Waals surface area contributed by atoms with Gasteiger partial charge in [-0.05, 0) is 48.2 Å². The summed E-state index contributed by atoms with van der Waals surface area (Å²) in [7, 11) is 0. The number of fused-ring (bicyclic) bond motifs is 3. The van der Waals surface area contributed by atoms with E-state index in [4.69, 9.17) is 0 Å². The minimum Gasteiger partial charge on any atom is -0.258 e. The van der Waals surface area contributed by atoms with Gasteiger partial charge in [0.15, 0.2) is 0 Å². The maximum absolute atomic E-state index is 4.63. The van der Waals surface area contributed by atoms with Crippen LogP contribution in [-0.2, 0) is 0 Å². The highest BCUT2D eigenvalue weighted by Crippen LogP contribution is 2.32. The summed E-state index contributed by atoms with van der Waals surface area (Å²) < 4.78 is 0. The molecular formula is C20H16N2. The van der Waals surface area contributed by atoms with Gasteiger partial charge in [0.2, 0.25) is 0 Å². The Morgan fingerprint density at radius 1 is 0.727 bits per heavy atom. The van der Waals surface area contributed by atoms with Crippen molar-refractivity contribution in [2.24, 2.45) is 0 Å². The number of aryl methyl sites for hydroxylation is 2. The maximum Gasteiger partial charge on any atom is 0.0798 e. The number of hydrogen-bond donors (Lipinski definition) is 0. The molecule has 0 radical (unpaired) electrons. The summed E-state index contributed by atoms with van der Waals surface area (Å²) in [6.07, 6.45) is 1.89. The van der Waals surface area contributed by atoms with Crippen molar-refractivity contribution in [1.29, 1.82) is 0 Å². The number of aromatic nitrogens is 2. The Hall–Kier alpha value is -2.74. The van der Waals surface area contributed by atoms with Crippen LogP contribution in [0.15, 0.2) is 60.8 Å². The van der Waals surface area contributed by atoms with Crippen LogP contribution in [0.4, 0.5) is 0 Å². The third kappa shape index (κ3) is 1.96. The lowest BCUT2D eigenvalue weighted by atomic mass is 9.98. The molecule has 0 amide bonds. The molecule has 4 aromatic rings. The number of rotatable bonds is 1. The molecule has 2 heterocycles. The van der Waals surface area contributed by atoms with Gasteiger partial charge in [-0.3, -0.25) is 9.97 Å². The Kier molecular flexibility index (Phi) is 2.90. The maximum atomic E-state index is 4.63. The first-order chi connectivity index (χ1) is 10.7. The van der Waals surface area contributed by atoms with Crippen molar-refractivity contribution in [3.8, 4) is 11.3 Å². The van der Waals surface area contributed by atoms with E-state index in [2.05, 4.69) is 58.5 Å². The van der Waals surface area contributed by atoms with Gasteiger partial charge in [-0.2, -0.15) is 0 Å². The lowest BCUT2D eigenvalue weighted by molar-refractivity contribution is 1.12. The van der Waals surface area contributed by atoms with Crippen LogP contribution in [0, 0.1) is 13.8 Å². The lowest BCUT2D eigenvalue weighted by Gasteiger charge is -2.10. The van der Waals surface area contributed by atoms with Crippen LogP contribution in [0.3, 0.4) is 0 Å². The summed E-state index contributed by atoms with van der Waals surface area (Å²) >= 11 is 0. The Morgan fingerprint density at radius 3 is 2.45 bits per heavy atom. The van der Waals surface area contributed by atoms with Crippen LogP contribution in [0.1, 0.15) is 11.4 Å². The van der Waals surface area contributed by atoms with E-state index in [9.17, 15) is 0 Å². The molecule has 0 aliphatic rings. The Morgan fingerprint density at radius 2 is 1.59 bits per heavy atom. The summed E-state index contributed by atoms with van der Waals surface area (Å²) in [5, 5.41) is 4.94. The van der Waals surface area contributed by atoms with E-state index in [-0.39, 0.29) is 0 Å². The van der Waals surface area contributed by atoms with Crippen molar-refractivity contribution in [3.05, 3.63) is 72.2 Å². The van der Waals surface area contributed by atoms with Gasteiger partial charge in [-0.1, -0.05) is 36.4 Å². The zero-order valence-electron chi connectivity index (χ0n) is 12.7. The predicted octanol–water partition coefficient (Wildman–Crippen LogP) is 5.07. The molecule has 0 aliphatic carbocycles. The molecule has 0 fully saturated rings. The molecule has 2 heteroatoms. The Balaban J connectivity index is 2.09. The van der Waals surface area contributed by atoms with Gasteiger partial charge < -0.3 is 0 Å². The van der Waals surface area contributed by atoms with Crippen LogP contribution in [-0.4, -0.2) is 9.97 Å². The fourth-order valence-corrected chi connectivity index (χ4v) is 3.09. The van der Waals surface area contributed by atoms with Crippen molar-refractivity contribution in [2.75, 3.05) is 0 Å². The number of hydrogen-bond acceptors (Lipinski definition) is 2. The molecule has 0 N–H and O–H groups in total. The highest BCUT2D eigenvalue weighted by molar-refractivity contribution is 6.11. The van der Waals surface area contributed by atoms with E-state index in [1.54, 1.807) is 0 Å². The average Bonchev–Trinajstić information content (AvgIpc) is 2.54. The summed E-state index contributed by atoms with van der Waals surface area (Å²) in [6.45, 7) is 4.06. The van der Waals surface area contributed by atoms with E-state index < -0.39 is 0 Å². The highest BCUT2D eigenvalue weighted by Gasteiger charge is 2.10. The van der Waals surface area contributed by atoms with Gasteiger partial charge >= 0.3 is 0 Å². The van der Waals surface area contributed by atoms with Crippen molar-refractivity contribution in [3.63, 3.8) is 0 Å². The van der Waals surface area contributed by atoms with Gasteiger partial charge in [-0.15, -0.1) is 0 Å². The third-order valence-corrected chi connectivity index (χ3v) is 4.15. The fourth-order valence-electron chi connectivity index (χ4n) is 3.09. The Labute approximate surface area is 129 Å². The first-order valence-electron chi connectivity index (χ1n) is 7.45. The average molecular weight is 284 g/mol. The van der Waals surface area contributed by atoms with E-state index in [1.807, 2.05) is 26.1 Å². The summed E-state index contributed by atoms with van der Waals surface area (Å²) in [4.78, 5) is 9.21. The quantitative estimate of drug-likeness (QED) is 0.456. The number of benzene rings is 2. The molecule has 0 saturated carbocycles. The van der Waals surface area contributed by atoms with Crippen LogP contribution in [0.2, 0.25) is 0 Å². The lowest BCUT2D eigenvalue weighted by Crippen LogP contribution is -1.93. The fraction of sp³-hybridized carbons (Fsp3) is 0.100. The second kappa shape index (κ2) is 4.92. The summed E-state index contributed by atoms with van der Waals surface area (Å²) in [6, 6.07) is 19.1. The highest BCUT2D eigenvalue weighted by atomic mass is 14.7. The molecule has 106 valence electrons. The van der Waals surface area contributed by atoms with Crippen molar-refractivity contribution in [2.45, 2.75) is 13.8 Å². The summed E-state index contributed by atoms with van der Waals surface area (Å²) in [5.74, 6) is 0. The molecule has 0 atom stereocenters. The van der Waals surface area contributed by atoms with Gasteiger partial charge in [-0.25, -0.2) is 0 Å². The first-order valence-corrected chi connectivity index (χ1v) is 7.45. The van der Waals surface area contributed by atoms with Crippen LogP contribution >= 0.6 is 0 Å². The van der Waals surface area contributed by atoms with E-state index in [1.165, 1.54) is 21.5 Å². The van der Waals surface area contributed by atoms with E-state index in [0.717, 1.165) is 22.6 Å². The molecule has 0 bridgehead atoms. The second-order valence-corrected chi connectivity index (χ2v) is 5.63. The van der Waals surface area contributed by atoms with Gasteiger partial charge in [0.25, 0.3) is 0 Å². The standard InChI is InChI=1S/C20H16N2/c1-13-7-9-16(14(2)22-13)20-19-10-8-15-5-3-4-6-17(15)18(19)11-12-21-20/h3-12H,1-2H3. The predicted molar refractivity (Wildman–Crippen MR) is 92.0 cm³/mol.